The normalized spacial score (nSPS) is 11.8. The molecule has 0 bridgehead atoms. The third-order valence-electron chi connectivity index (χ3n) is 3.47. The highest BCUT2D eigenvalue weighted by atomic mass is 35.5. The van der Waals surface area contributed by atoms with Crippen LogP contribution in [0.3, 0.4) is 0 Å². The van der Waals surface area contributed by atoms with Crippen LogP contribution in [-0.4, -0.2) is 22.6 Å². The molecule has 0 saturated carbocycles. The van der Waals surface area contributed by atoms with Gasteiger partial charge in [-0.15, -0.1) is 0 Å². The summed E-state index contributed by atoms with van der Waals surface area (Å²) in [4.78, 5) is 2.45. The van der Waals surface area contributed by atoms with E-state index in [1.54, 1.807) is 12.1 Å². The maximum atomic E-state index is 9.96. The lowest BCUT2D eigenvalue weighted by molar-refractivity contribution is 0.156. The minimum absolute atomic E-state index is 0.337. The highest BCUT2D eigenvalue weighted by Crippen LogP contribution is 2.25. The molecule has 1 rings (SSSR count). The molecule has 0 saturated heterocycles. The van der Waals surface area contributed by atoms with Gasteiger partial charge in [0.1, 0.15) is 5.75 Å². The van der Waals surface area contributed by atoms with Crippen LogP contribution >= 0.6 is 11.6 Å². The fourth-order valence-electron chi connectivity index (χ4n) is 2.52. The quantitative estimate of drug-likeness (QED) is 0.784. The van der Waals surface area contributed by atoms with E-state index in [4.69, 9.17) is 11.6 Å². The van der Waals surface area contributed by atoms with Gasteiger partial charge < -0.3 is 5.11 Å². The van der Waals surface area contributed by atoms with Gasteiger partial charge in [0.25, 0.3) is 0 Å². The second-order valence-corrected chi connectivity index (χ2v) is 6.00. The van der Waals surface area contributed by atoms with Crippen LogP contribution in [0.4, 0.5) is 0 Å². The number of aromatic hydroxyl groups is 1. The number of hydrogen-bond donors (Lipinski definition) is 1. The molecular formula is C16H26ClNO. The molecule has 0 aliphatic heterocycles. The zero-order valence-corrected chi connectivity index (χ0v) is 13.2. The summed E-state index contributed by atoms with van der Waals surface area (Å²) in [5, 5.41) is 10.6. The van der Waals surface area contributed by atoms with Crippen LogP contribution in [0.15, 0.2) is 18.2 Å². The van der Waals surface area contributed by atoms with Crippen LogP contribution in [0, 0.1) is 5.92 Å². The Balaban J connectivity index is 2.89. The van der Waals surface area contributed by atoms with Crippen LogP contribution in [0.1, 0.15) is 46.1 Å². The molecule has 0 fully saturated rings. The highest BCUT2D eigenvalue weighted by Gasteiger charge is 2.18. The van der Waals surface area contributed by atoms with Crippen LogP contribution in [0.25, 0.3) is 0 Å². The molecule has 0 radical (unpaired) electrons. The number of halogens is 1. The molecule has 0 amide bonds. The Morgan fingerprint density at radius 3 is 2.37 bits per heavy atom. The molecule has 3 heteroatoms. The number of rotatable bonds is 7. The van der Waals surface area contributed by atoms with Crippen molar-refractivity contribution in [1.29, 1.82) is 0 Å². The Bertz CT molecular complexity index is 388. The van der Waals surface area contributed by atoms with Gasteiger partial charge in [0.05, 0.1) is 0 Å². The van der Waals surface area contributed by atoms with Crippen molar-refractivity contribution in [3.8, 4) is 5.75 Å². The van der Waals surface area contributed by atoms with Gasteiger partial charge in [-0.05, 0) is 37.0 Å². The molecule has 0 spiro atoms. The Morgan fingerprint density at radius 2 is 1.84 bits per heavy atom. The second kappa shape index (κ2) is 7.76. The lowest BCUT2D eigenvalue weighted by Crippen LogP contribution is -2.36. The van der Waals surface area contributed by atoms with E-state index in [1.807, 2.05) is 6.07 Å². The van der Waals surface area contributed by atoms with E-state index in [9.17, 15) is 5.11 Å². The van der Waals surface area contributed by atoms with Crippen LogP contribution in [-0.2, 0) is 6.54 Å². The van der Waals surface area contributed by atoms with Gasteiger partial charge in [-0.1, -0.05) is 39.3 Å². The molecule has 0 aromatic heterocycles. The molecule has 1 aromatic carbocycles. The SMILES string of the molecule is CCC(CC)N(Cc1cc(Cl)ccc1O)CC(C)C. The Kier molecular flexibility index (Phi) is 6.67. The van der Waals surface area contributed by atoms with Crippen molar-refractivity contribution < 1.29 is 5.11 Å². The zero-order valence-electron chi connectivity index (χ0n) is 12.5. The van der Waals surface area contributed by atoms with Gasteiger partial charge >= 0.3 is 0 Å². The van der Waals surface area contributed by atoms with Gasteiger partial charge in [0.2, 0.25) is 0 Å². The fourth-order valence-corrected chi connectivity index (χ4v) is 2.71. The smallest absolute Gasteiger partial charge is 0.120 e. The van der Waals surface area contributed by atoms with E-state index in [0.717, 1.165) is 31.5 Å². The first-order valence-electron chi connectivity index (χ1n) is 7.19. The van der Waals surface area contributed by atoms with Crippen molar-refractivity contribution in [2.24, 2.45) is 5.92 Å². The van der Waals surface area contributed by atoms with Gasteiger partial charge in [-0.3, -0.25) is 4.90 Å². The van der Waals surface area contributed by atoms with Crippen molar-refractivity contribution in [2.75, 3.05) is 6.54 Å². The first-order valence-corrected chi connectivity index (χ1v) is 7.57. The third-order valence-corrected chi connectivity index (χ3v) is 3.71. The van der Waals surface area contributed by atoms with E-state index in [-0.39, 0.29) is 0 Å². The van der Waals surface area contributed by atoms with E-state index in [0.29, 0.717) is 22.7 Å². The van der Waals surface area contributed by atoms with Gasteiger partial charge in [-0.25, -0.2) is 0 Å². The topological polar surface area (TPSA) is 23.5 Å². The van der Waals surface area contributed by atoms with Gasteiger partial charge in [0.15, 0.2) is 0 Å². The zero-order chi connectivity index (χ0) is 14.4. The molecule has 1 N–H and O–H groups in total. The molecule has 0 aliphatic rings. The number of phenolic OH excluding ortho intramolecular Hbond substituents is 1. The standard InChI is InChI=1S/C16H26ClNO/c1-5-15(6-2)18(10-12(3)4)11-13-9-14(17)7-8-16(13)19/h7-9,12,15,19H,5-6,10-11H2,1-4H3. The number of hydrogen-bond acceptors (Lipinski definition) is 2. The molecule has 19 heavy (non-hydrogen) atoms. The largest absolute Gasteiger partial charge is 0.508 e. The number of benzene rings is 1. The highest BCUT2D eigenvalue weighted by molar-refractivity contribution is 6.30. The molecular weight excluding hydrogens is 258 g/mol. The molecule has 0 unspecified atom stereocenters. The van der Waals surface area contributed by atoms with E-state index < -0.39 is 0 Å². The fraction of sp³-hybridized carbons (Fsp3) is 0.625. The maximum absolute atomic E-state index is 9.96. The lowest BCUT2D eigenvalue weighted by Gasteiger charge is -2.32. The Morgan fingerprint density at radius 1 is 1.21 bits per heavy atom. The van der Waals surface area contributed by atoms with E-state index >= 15 is 0 Å². The van der Waals surface area contributed by atoms with Crippen molar-refractivity contribution in [2.45, 2.75) is 53.1 Å². The molecule has 1 aromatic rings. The maximum Gasteiger partial charge on any atom is 0.120 e. The first kappa shape index (κ1) is 16.3. The Hall–Kier alpha value is -0.730. The second-order valence-electron chi connectivity index (χ2n) is 5.57. The molecule has 2 nitrogen and oxygen atoms in total. The summed E-state index contributed by atoms with van der Waals surface area (Å²) in [6.07, 6.45) is 2.26. The monoisotopic (exact) mass is 283 g/mol. The predicted molar refractivity (Wildman–Crippen MR) is 82.7 cm³/mol. The molecule has 0 heterocycles. The number of phenols is 1. The van der Waals surface area contributed by atoms with Crippen LogP contribution in [0.5, 0.6) is 5.75 Å². The van der Waals surface area contributed by atoms with Crippen LogP contribution in [0.2, 0.25) is 5.02 Å². The average Bonchev–Trinajstić information content (AvgIpc) is 2.34. The summed E-state index contributed by atoms with van der Waals surface area (Å²) in [5.41, 5.74) is 0.917. The van der Waals surface area contributed by atoms with E-state index in [1.165, 1.54) is 0 Å². The van der Waals surface area contributed by atoms with E-state index in [2.05, 4.69) is 32.6 Å². The van der Waals surface area contributed by atoms with Crippen molar-refractivity contribution in [1.82, 2.24) is 4.90 Å². The first-order chi connectivity index (χ1) is 8.97. The Labute approximate surface area is 122 Å². The molecule has 108 valence electrons. The molecule has 0 atom stereocenters. The van der Waals surface area contributed by atoms with Gasteiger partial charge in [0, 0.05) is 29.7 Å². The predicted octanol–water partition coefficient (Wildman–Crippen LogP) is 4.69. The minimum Gasteiger partial charge on any atom is -0.508 e. The summed E-state index contributed by atoms with van der Waals surface area (Å²) in [6, 6.07) is 5.83. The molecule has 0 aliphatic carbocycles. The van der Waals surface area contributed by atoms with Crippen molar-refractivity contribution in [3.05, 3.63) is 28.8 Å². The summed E-state index contributed by atoms with van der Waals surface area (Å²) >= 11 is 6.02. The summed E-state index contributed by atoms with van der Waals surface area (Å²) in [5.74, 6) is 0.950. The third kappa shape index (κ3) is 5.04. The lowest BCUT2D eigenvalue weighted by atomic mass is 10.1. The summed E-state index contributed by atoms with van der Waals surface area (Å²) in [6.45, 7) is 10.7. The average molecular weight is 284 g/mol. The van der Waals surface area contributed by atoms with Crippen LogP contribution < -0.4 is 0 Å². The van der Waals surface area contributed by atoms with Crippen molar-refractivity contribution in [3.63, 3.8) is 0 Å². The summed E-state index contributed by atoms with van der Waals surface area (Å²) < 4.78 is 0. The summed E-state index contributed by atoms with van der Waals surface area (Å²) in [7, 11) is 0. The number of nitrogens with zero attached hydrogens (tertiary/aromatic N) is 1. The van der Waals surface area contributed by atoms with Gasteiger partial charge in [-0.2, -0.15) is 0 Å². The minimum atomic E-state index is 0.337. The van der Waals surface area contributed by atoms with Crippen molar-refractivity contribution >= 4 is 11.6 Å².